The Hall–Kier alpha value is -2.83. The van der Waals surface area contributed by atoms with Crippen LogP contribution in [0.4, 0.5) is 0 Å². The fourth-order valence-electron chi connectivity index (χ4n) is 12.4. The van der Waals surface area contributed by atoms with Crippen molar-refractivity contribution in [3.8, 4) is 0 Å². The maximum atomic E-state index is 12.8. The molecular weight excluding hydrogens is 634 g/mol. The number of hydrogen-bond donors (Lipinski definition) is 1. The Labute approximate surface area is 306 Å². The molecule has 10 atom stereocenters. The van der Waals surface area contributed by atoms with E-state index in [1.807, 2.05) is 0 Å². The van der Waals surface area contributed by atoms with Gasteiger partial charge < -0.3 is 19.3 Å². The number of cyclic esters (lactones) is 1. The molecule has 276 valence electrons. The van der Waals surface area contributed by atoms with Crippen LogP contribution in [0.15, 0.2) is 71.1 Å². The zero-order chi connectivity index (χ0) is 35.4. The first-order valence-electron chi connectivity index (χ1n) is 20.5. The Bertz CT molecular complexity index is 1610. The van der Waals surface area contributed by atoms with Crippen molar-refractivity contribution in [1.29, 1.82) is 0 Å². The quantitative estimate of drug-likeness (QED) is 0.166. The number of esters is 1. The Kier molecular flexibility index (Phi) is 9.80. The maximum absolute atomic E-state index is 12.8. The van der Waals surface area contributed by atoms with Crippen molar-refractivity contribution in [3.63, 3.8) is 0 Å². The molecule has 7 aliphatic rings. The second-order valence-corrected chi connectivity index (χ2v) is 17.5. The molecule has 3 aliphatic carbocycles. The van der Waals surface area contributed by atoms with Crippen molar-refractivity contribution in [2.24, 2.45) is 40.9 Å². The summed E-state index contributed by atoms with van der Waals surface area (Å²) >= 11 is 0. The Morgan fingerprint density at radius 1 is 1.10 bits per heavy atom. The Morgan fingerprint density at radius 3 is 2.69 bits per heavy atom. The van der Waals surface area contributed by atoms with Crippen LogP contribution >= 0.6 is 0 Å². The number of unbranched alkanes of at least 4 members (excludes halogenated alkanes) is 2. The molecule has 1 aromatic carbocycles. The van der Waals surface area contributed by atoms with Crippen LogP contribution in [0.3, 0.4) is 0 Å². The van der Waals surface area contributed by atoms with Gasteiger partial charge in [-0.05, 0) is 111 Å². The molecule has 0 bridgehead atoms. The summed E-state index contributed by atoms with van der Waals surface area (Å²) in [6, 6.07) is 10.1. The first-order chi connectivity index (χ1) is 24.7. The van der Waals surface area contributed by atoms with Crippen LogP contribution in [0.5, 0.6) is 0 Å². The standard InChI is InChI=1S/C45H61NO5/c1-6-7-8-15-30-16-12-17-31(24-30)38-33-25-35-37-28(3)42(43-41(49-5)29(4)44(48)51-43)50-36(37)19-13-22-46(35)39(34(33)26-45(38)20-9-10-21-45)40(47)32-18-11-14-27(2)23-32/h11-12,16-19,24,27-28,32-35,37-40,47H,6-10,13-15,20-23,25-26H2,1-5H3. The van der Waals surface area contributed by atoms with Crippen molar-refractivity contribution in [3.05, 3.63) is 82.2 Å². The van der Waals surface area contributed by atoms with Gasteiger partial charge >= 0.3 is 5.97 Å². The molecule has 0 radical (unpaired) electrons. The average molecular weight is 696 g/mol. The summed E-state index contributed by atoms with van der Waals surface area (Å²) in [5.74, 6) is 4.64. The van der Waals surface area contributed by atoms with E-state index in [0.717, 1.165) is 44.4 Å². The number of aryl methyl sites for hydroxylation is 1. The van der Waals surface area contributed by atoms with E-state index >= 15 is 0 Å². The van der Waals surface area contributed by atoms with Gasteiger partial charge in [0.15, 0.2) is 11.5 Å². The highest BCUT2D eigenvalue weighted by molar-refractivity contribution is 5.93. The summed E-state index contributed by atoms with van der Waals surface area (Å²) in [4.78, 5) is 15.5. The molecule has 2 saturated carbocycles. The van der Waals surface area contributed by atoms with Gasteiger partial charge in [-0.1, -0.05) is 82.9 Å². The van der Waals surface area contributed by atoms with Crippen LogP contribution in [0.2, 0.25) is 0 Å². The van der Waals surface area contributed by atoms with Crippen molar-refractivity contribution in [2.75, 3.05) is 13.7 Å². The topological polar surface area (TPSA) is 68.2 Å². The van der Waals surface area contributed by atoms with Gasteiger partial charge in [0.2, 0.25) is 5.76 Å². The average Bonchev–Trinajstić information content (AvgIpc) is 3.85. The summed E-state index contributed by atoms with van der Waals surface area (Å²) in [5, 5.41) is 12.8. The molecule has 4 aliphatic heterocycles. The fourth-order valence-corrected chi connectivity index (χ4v) is 12.4. The van der Waals surface area contributed by atoms with E-state index < -0.39 is 6.10 Å². The lowest BCUT2D eigenvalue weighted by molar-refractivity contribution is -0.133. The van der Waals surface area contributed by atoms with Gasteiger partial charge in [0.1, 0.15) is 5.76 Å². The molecule has 6 heteroatoms. The predicted molar refractivity (Wildman–Crippen MR) is 200 cm³/mol. The number of carbonyl (C=O) groups is 1. The van der Waals surface area contributed by atoms with Crippen LogP contribution in [0.1, 0.15) is 122 Å². The van der Waals surface area contributed by atoms with Gasteiger partial charge in [0.05, 0.1) is 18.8 Å². The van der Waals surface area contributed by atoms with E-state index in [4.69, 9.17) is 14.2 Å². The number of fused-ring (bicyclic) bond motifs is 4. The minimum absolute atomic E-state index is 0.00632. The number of nitrogens with zero attached hydrogens (tertiary/aromatic N) is 1. The second kappa shape index (κ2) is 14.2. The molecule has 4 fully saturated rings. The number of rotatable bonds is 8. The summed E-state index contributed by atoms with van der Waals surface area (Å²) in [6.07, 6.45) is 22.1. The van der Waals surface area contributed by atoms with Crippen molar-refractivity contribution >= 4 is 5.97 Å². The first kappa shape index (κ1) is 35.2. The highest BCUT2D eigenvalue weighted by atomic mass is 16.6. The zero-order valence-electron chi connectivity index (χ0n) is 31.7. The molecule has 0 aromatic heterocycles. The number of ether oxygens (including phenoxy) is 3. The maximum Gasteiger partial charge on any atom is 0.343 e. The Balaban J connectivity index is 1.22. The molecule has 1 spiro atoms. The van der Waals surface area contributed by atoms with Gasteiger partial charge in [0, 0.05) is 36.4 Å². The number of piperidine rings is 1. The molecule has 10 unspecified atom stereocenters. The zero-order valence-corrected chi connectivity index (χ0v) is 31.7. The third-order valence-electron chi connectivity index (χ3n) is 14.5. The molecule has 4 heterocycles. The molecule has 8 rings (SSSR count). The monoisotopic (exact) mass is 695 g/mol. The number of allylic oxidation sites excluding steroid dienone is 2. The van der Waals surface area contributed by atoms with Gasteiger partial charge in [-0.3, -0.25) is 4.90 Å². The first-order valence-corrected chi connectivity index (χ1v) is 20.5. The van der Waals surface area contributed by atoms with E-state index in [0.29, 0.717) is 51.9 Å². The van der Waals surface area contributed by atoms with Crippen LogP contribution < -0.4 is 0 Å². The predicted octanol–water partition coefficient (Wildman–Crippen LogP) is 9.36. The molecular formula is C45H61NO5. The second-order valence-electron chi connectivity index (χ2n) is 17.5. The van der Waals surface area contributed by atoms with Crippen LogP contribution in [0.25, 0.3) is 0 Å². The van der Waals surface area contributed by atoms with Crippen molar-refractivity contribution in [2.45, 2.75) is 135 Å². The lowest BCUT2D eigenvalue weighted by Crippen LogP contribution is -2.61. The number of benzene rings is 1. The lowest BCUT2D eigenvalue weighted by atomic mass is 9.65. The van der Waals surface area contributed by atoms with Crippen molar-refractivity contribution < 1.29 is 24.1 Å². The molecule has 1 N–H and O–H groups in total. The molecule has 51 heavy (non-hydrogen) atoms. The third kappa shape index (κ3) is 6.05. The minimum atomic E-state index is -0.407. The number of carbonyl (C=O) groups excluding carboxylic acids is 1. The summed E-state index contributed by atoms with van der Waals surface area (Å²) < 4.78 is 18.3. The molecule has 1 aromatic rings. The van der Waals surface area contributed by atoms with Crippen LogP contribution in [0, 0.1) is 40.9 Å². The minimum Gasteiger partial charge on any atom is -0.492 e. The number of aliphatic hydroxyl groups is 1. The normalized spacial score (nSPS) is 37.8. The summed E-state index contributed by atoms with van der Waals surface area (Å²) in [7, 11) is 1.60. The SMILES string of the molecule is CCCCCc1cccc(C2C3CC4C5C(=CCCN4C(C(O)C4C=CCC(C)C4)C3CC23CCCC3)OC(=C2OC(=O)C(C)=C2OC)C5C)c1. The van der Waals surface area contributed by atoms with E-state index in [-0.39, 0.29) is 35.8 Å². The van der Waals surface area contributed by atoms with E-state index in [9.17, 15) is 9.90 Å². The van der Waals surface area contributed by atoms with Crippen LogP contribution in [-0.2, 0) is 25.4 Å². The Morgan fingerprint density at radius 2 is 1.92 bits per heavy atom. The van der Waals surface area contributed by atoms with E-state index in [2.05, 4.69) is 68.2 Å². The summed E-state index contributed by atoms with van der Waals surface area (Å²) in [6.45, 7) is 9.58. The largest absolute Gasteiger partial charge is 0.492 e. The number of hydrogen-bond acceptors (Lipinski definition) is 6. The fraction of sp³-hybridized carbons (Fsp3) is 0.667. The lowest BCUT2D eigenvalue weighted by Gasteiger charge is -2.53. The molecule has 0 amide bonds. The van der Waals surface area contributed by atoms with Gasteiger partial charge in [-0.25, -0.2) is 4.79 Å². The van der Waals surface area contributed by atoms with Crippen LogP contribution in [-0.4, -0.2) is 47.8 Å². The summed E-state index contributed by atoms with van der Waals surface area (Å²) in [5.41, 5.74) is 3.83. The number of aliphatic hydroxyl groups excluding tert-OH is 1. The van der Waals surface area contributed by atoms with Crippen molar-refractivity contribution in [1.82, 2.24) is 4.90 Å². The number of methoxy groups -OCH3 is 1. The molecule has 6 nitrogen and oxygen atoms in total. The van der Waals surface area contributed by atoms with Gasteiger partial charge in [0.25, 0.3) is 0 Å². The van der Waals surface area contributed by atoms with E-state index in [1.54, 1.807) is 19.6 Å². The smallest absolute Gasteiger partial charge is 0.343 e. The van der Waals surface area contributed by atoms with E-state index in [1.165, 1.54) is 56.9 Å². The van der Waals surface area contributed by atoms with Gasteiger partial charge in [-0.2, -0.15) is 0 Å². The highest BCUT2D eigenvalue weighted by Crippen LogP contribution is 2.67. The highest BCUT2D eigenvalue weighted by Gasteiger charge is 2.63. The third-order valence-corrected chi connectivity index (χ3v) is 14.5. The van der Waals surface area contributed by atoms with Gasteiger partial charge in [-0.15, -0.1) is 0 Å². The molecule has 2 saturated heterocycles.